The second kappa shape index (κ2) is 9.80. The molecule has 1 N–H and O–H groups in total. The van der Waals surface area contributed by atoms with Gasteiger partial charge < -0.3 is 5.32 Å². The Morgan fingerprint density at radius 3 is 2.83 bits per heavy atom. The van der Waals surface area contributed by atoms with Crippen LogP contribution in [0.5, 0.6) is 0 Å². The quantitative estimate of drug-likeness (QED) is 0.389. The molecule has 5 rings (SSSR count). The lowest BCUT2D eigenvalue weighted by molar-refractivity contribution is 0.0944. The number of aryl methyl sites for hydroxylation is 2. The standard InChI is InChI=1S/C28H28ClFN4O/c1-3-25-27(34-17-23(29)7-9-26(34)32-25)28(35)31-14-19-5-6-21-15-33(11-10-20(21)13-19)16-22-12-18(2)4-8-24(22)30/h4-9,12-13,17H,3,10-11,14-16H2,1-2H3,(H,31,35). The molecule has 0 saturated heterocycles. The summed E-state index contributed by atoms with van der Waals surface area (Å²) in [6, 6.07) is 15.2. The van der Waals surface area contributed by atoms with Gasteiger partial charge in [0.2, 0.25) is 0 Å². The maximum atomic E-state index is 14.2. The van der Waals surface area contributed by atoms with E-state index in [9.17, 15) is 9.18 Å². The van der Waals surface area contributed by atoms with Crippen LogP contribution in [0.1, 0.15) is 50.9 Å². The van der Waals surface area contributed by atoms with Crippen LogP contribution in [-0.4, -0.2) is 26.7 Å². The van der Waals surface area contributed by atoms with Crippen LogP contribution in [0, 0.1) is 12.7 Å². The normalized spacial score (nSPS) is 13.7. The van der Waals surface area contributed by atoms with E-state index in [4.69, 9.17) is 11.6 Å². The predicted octanol–water partition coefficient (Wildman–Crippen LogP) is 5.49. The highest BCUT2D eigenvalue weighted by Gasteiger charge is 2.20. The summed E-state index contributed by atoms with van der Waals surface area (Å²) in [4.78, 5) is 19.9. The summed E-state index contributed by atoms with van der Waals surface area (Å²) >= 11 is 6.16. The lowest BCUT2D eigenvalue weighted by atomic mass is 9.96. The Kier molecular flexibility index (Phi) is 6.58. The second-order valence-corrected chi connectivity index (χ2v) is 9.61. The molecular weight excluding hydrogens is 463 g/mol. The van der Waals surface area contributed by atoms with Gasteiger partial charge in [0.05, 0.1) is 10.7 Å². The highest BCUT2D eigenvalue weighted by atomic mass is 35.5. The molecule has 0 unspecified atom stereocenters. The smallest absolute Gasteiger partial charge is 0.270 e. The van der Waals surface area contributed by atoms with Crippen molar-refractivity contribution in [3.63, 3.8) is 0 Å². The van der Waals surface area contributed by atoms with Crippen LogP contribution in [0.15, 0.2) is 54.7 Å². The third-order valence-corrected chi connectivity index (χ3v) is 6.84. The fourth-order valence-corrected chi connectivity index (χ4v) is 4.96. The number of benzene rings is 2. The molecule has 2 aromatic carbocycles. The molecule has 0 aliphatic carbocycles. The predicted molar refractivity (Wildman–Crippen MR) is 136 cm³/mol. The Labute approximate surface area is 209 Å². The number of pyridine rings is 1. The van der Waals surface area contributed by atoms with Gasteiger partial charge in [-0.25, -0.2) is 9.37 Å². The summed E-state index contributed by atoms with van der Waals surface area (Å²) in [7, 11) is 0. The molecule has 3 heterocycles. The van der Waals surface area contributed by atoms with Crippen molar-refractivity contribution in [1.82, 2.24) is 19.6 Å². The zero-order chi connectivity index (χ0) is 24.5. The highest BCUT2D eigenvalue weighted by Crippen LogP contribution is 2.23. The van der Waals surface area contributed by atoms with Crippen molar-refractivity contribution in [2.75, 3.05) is 6.54 Å². The first-order valence-electron chi connectivity index (χ1n) is 11.9. The number of carbonyl (C=O) groups is 1. The molecule has 0 radical (unpaired) electrons. The van der Waals surface area contributed by atoms with Gasteiger partial charge in [-0.3, -0.25) is 14.1 Å². The number of hydrogen-bond donors (Lipinski definition) is 1. The summed E-state index contributed by atoms with van der Waals surface area (Å²) in [5.74, 6) is -0.312. The minimum atomic E-state index is -0.166. The maximum absolute atomic E-state index is 14.2. The Balaban J connectivity index is 1.26. The zero-order valence-corrected chi connectivity index (χ0v) is 20.7. The van der Waals surface area contributed by atoms with Crippen molar-refractivity contribution >= 4 is 23.2 Å². The van der Waals surface area contributed by atoms with Crippen molar-refractivity contribution in [3.8, 4) is 0 Å². The van der Waals surface area contributed by atoms with Gasteiger partial charge in [-0.2, -0.15) is 0 Å². The molecule has 5 nitrogen and oxygen atoms in total. The largest absolute Gasteiger partial charge is 0.347 e. The molecular formula is C28H28ClFN4O. The van der Waals surface area contributed by atoms with Crippen molar-refractivity contribution in [2.24, 2.45) is 0 Å². The summed E-state index contributed by atoms with van der Waals surface area (Å²) in [6.07, 6.45) is 3.28. The molecule has 4 aromatic rings. The first-order chi connectivity index (χ1) is 16.9. The molecule has 0 fully saturated rings. The number of nitrogens with zero attached hydrogens (tertiary/aromatic N) is 3. The molecule has 1 aliphatic heterocycles. The van der Waals surface area contributed by atoms with Gasteiger partial charge in [0, 0.05) is 37.9 Å². The van der Waals surface area contributed by atoms with Gasteiger partial charge in [-0.05, 0) is 54.7 Å². The van der Waals surface area contributed by atoms with Crippen molar-refractivity contribution in [2.45, 2.75) is 46.3 Å². The van der Waals surface area contributed by atoms with Gasteiger partial charge >= 0.3 is 0 Å². The number of imidazole rings is 1. The average molecular weight is 491 g/mol. The van der Waals surface area contributed by atoms with Crippen LogP contribution in [0.4, 0.5) is 4.39 Å². The Hall–Kier alpha value is -3.22. The lowest BCUT2D eigenvalue weighted by Gasteiger charge is -2.29. The topological polar surface area (TPSA) is 49.6 Å². The van der Waals surface area contributed by atoms with Gasteiger partial charge in [0.25, 0.3) is 5.91 Å². The summed E-state index contributed by atoms with van der Waals surface area (Å²) in [5, 5.41) is 3.61. The number of carbonyl (C=O) groups excluding carboxylic acids is 1. The van der Waals surface area contributed by atoms with Crippen LogP contribution < -0.4 is 5.32 Å². The van der Waals surface area contributed by atoms with E-state index < -0.39 is 0 Å². The van der Waals surface area contributed by atoms with Crippen molar-refractivity contribution in [1.29, 1.82) is 0 Å². The number of nitrogens with one attached hydrogen (secondary N) is 1. The van der Waals surface area contributed by atoms with Crippen LogP contribution in [0.2, 0.25) is 5.02 Å². The third kappa shape index (κ3) is 4.95. The van der Waals surface area contributed by atoms with Crippen LogP contribution >= 0.6 is 11.6 Å². The van der Waals surface area contributed by atoms with Gasteiger partial charge in [0.1, 0.15) is 17.2 Å². The van der Waals surface area contributed by atoms with E-state index in [1.54, 1.807) is 28.8 Å². The van der Waals surface area contributed by atoms with Gasteiger partial charge in [0.15, 0.2) is 0 Å². The highest BCUT2D eigenvalue weighted by molar-refractivity contribution is 6.30. The summed E-state index contributed by atoms with van der Waals surface area (Å²) in [5.41, 5.74) is 7.40. The number of amides is 1. The average Bonchev–Trinajstić information content (AvgIpc) is 3.22. The first kappa shape index (κ1) is 23.5. The van der Waals surface area contributed by atoms with E-state index in [-0.39, 0.29) is 11.7 Å². The zero-order valence-electron chi connectivity index (χ0n) is 19.9. The van der Waals surface area contributed by atoms with E-state index in [1.807, 2.05) is 26.0 Å². The van der Waals surface area contributed by atoms with E-state index in [0.29, 0.717) is 35.9 Å². The van der Waals surface area contributed by atoms with E-state index in [1.165, 1.54) is 11.1 Å². The van der Waals surface area contributed by atoms with Crippen LogP contribution in [-0.2, 0) is 32.5 Å². The minimum Gasteiger partial charge on any atom is -0.347 e. The molecule has 1 aliphatic rings. The van der Waals surface area contributed by atoms with E-state index in [2.05, 4.69) is 33.4 Å². The fraction of sp³-hybridized carbons (Fsp3) is 0.286. The van der Waals surface area contributed by atoms with Gasteiger partial charge in [-0.1, -0.05) is 54.4 Å². The van der Waals surface area contributed by atoms with Crippen LogP contribution in [0.3, 0.4) is 0 Å². The number of halogens is 2. The molecule has 35 heavy (non-hydrogen) atoms. The lowest BCUT2D eigenvalue weighted by Crippen LogP contribution is -2.30. The summed E-state index contributed by atoms with van der Waals surface area (Å²) < 4.78 is 16.0. The molecule has 1 amide bonds. The molecule has 180 valence electrons. The second-order valence-electron chi connectivity index (χ2n) is 9.18. The molecule has 0 spiro atoms. The molecule has 0 saturated carbocycles. The first-order valence-corrected chi connectivity index (χ1v) is 12.3. The Bertz CT molecular complexity index is 1410. The Morgan fingerprint density at radius 2 is 2.00 bits per heavy atom. The van der Waals surface area contributed by atoms with Crippen molar-refractivity contribution < 1.29 is 9.18 Å². The van der Waals surface area contributed by atoms with Crippen molar-refractivity contribution in [3.05, 3.63) is 105 Å². The monoisotopic (exact) mass is 490 g/mol. The van der Waals surface area contributed by atoms with E-state index >= 15 is 0 Å². The summed E-state index contributed by atoms with van der Waals surface area (Å²) in [6.45, 7) is 6.67. The molecule has 2 aromatic heterocycles. The molecule has 7 heteroatoms. The Morgan fingerprint density at radius 1 is 1.14 bits per heavy atom. The number of fused-ring (bicyclic) bond motifs is 2. The number of aromatic nitrogens is 2. The third-order valence-electron chi connectivity index (χ3n) is 6.61. The SMILES string of the molecule is CCc1nc2ccc(Cl)cn2c1C(=O)NCc1ccc2c(c1)CCN(Cc1cc(C)ccc1F)C2. The minimum absolute atomic E-state index is 0.146. The maximum Gasteiger partial charge on any atom is 0.270 e. The number of rotatable bonds is 6. The van der Waals surface area contributed by atoms with E-state index in [0.717, 1.165) is 41.9 Å². The fourth-order valence-electron chi connectivity index (χ4n) is 4.80. The molecule has 0 bridgehead atoms. The van der Waals surface area contributed by atoms with Crippen LogP contribution in [0.25, 0.3) is 5.65 Å². The molecule has 0 atom stereocenters. The number of hydrogen-bond acceptors (Lipinski definition) is 3. The van der Waals surface area contributed by atoms with Gasteiger partial charge in [-0.15, -0.1) is 0 Å².